The Hall–Kier alpha value is -2.81. The van der Waals surface area contributed by atoms with E-state index in [1.165, 1.54) is 29.5 Å². The summed E-state index contributed by atoms with van der Waals surface area (Å²) in [6.07, 6.45) is 2.91. The first kappa shape index (κ1) is 20.9. The van der Waals surface area contributed by atoms with E-state index in [1.807, 2.05) is 23.6 Å². The zero-order valence-electron chi connectivity index (χ0n) is 15.6. The van der Waals surface area contributed by atoms with Crippen molar-refractivity contribution < 1.29 is 14.5 Å². The average Bonchev–Trinajstić information content (AvgIpc) is 3.03. The lowest BCUT2D eigenvalue weighted by molar-refractivity contribution is -0.384. The van der Waals surface area contributed by atoms with Crippen LogP contribution in [-0.2, 0) is 16.1 Å². The van der Waals surface area contributed by atoms with Crippen LogP contribution in [-0.4, -0.2) is 28.6 Å². The van der Waals surface area contributed by atoms with E-state index < -0.39 is 10.8 Å². The number of carbonyl (C=O) groups excluding carboxylic acids is 1. The number of carbonyl (C=O) groups is 1. The largest absolute Gasteiger partial charge is 0.380 e. The number of hydrogen-bond acceptors (Lipinski definition) is 5. The van der Waals surface area contributed by atoms with Gasteiger partial charge in [-0.05, 0) is 48.9 Å². The molecule has 29 heavy (non-hydrogen) atoms. The Kier molecular flexibility index (Phi) is 6.92. The number of nitrogens with zero attached hydrogens (tertiary/aromatic N) is 3. The molecule has 1 heterocycles. The van der Waals surface area contributed by atoms with Crippen molar-refractivity contribution in [3.05, 3.63) is 74.0 Å². The molecule has 1 aromatic heterocycles. The van der Waals surface area contributed by atoms with Gasteiger partial charge in [0.2, 0.25) is 0 Å². The van der Waals surface area contributed by atoms with Crippen molar-refractivity contribution in [3.63, 3.8) is 0 Å². The van der Waals surface area contributed by atoms with E-state index in [-0.39, 0.29) is 5.69 Å². The zero-order valence-corrected chi connectivity index (χ0v) is 17.2. The van der Waals surface area contributed by atoms with Crippen LogP contribution in [0.2, 0.25) is 5.02 Å². The van der Waals surface area contributed by atoms with Crippen molar-refractivity contribution in [1.82, 2.24) is 4.57 Å². The maximum atomic E-state index is 12.4. The van der Waals surface area contributed by atoms with Crippen molar-refractivity contribution in [2.75, 3.05) is 13.2 Å². The number of rotatable bonds is 7. The highest BCUT2D eigenvalue weighted by atomic mass is 35.5. The van der Waals surface area contributed by atoms with Crippen LogP contribution in [0, 0.1) is 10.1 Å². The van der Waals surface area contributed by atoms with Crippen molar-refractivity contribution >= 4 is 50.8 Å². The molecule has 0 saturated carbocycles. The van der Waals surface area contributed by atoms with Crippen molar-refractivity contribution in [2.45, 2.75) is 13.5 Å². The normalized spacial score (nSPS) is 12.1. The molecule has 3 rings (SSSR count). The van der Waals surface area contributed by atoms with Crippen molar-refractivity contribution in [3.8, 4) is 0 Å². The van der Waals surface area contributed by atoms with Crippen LogP contribution in [0.15, 0.2) is 53.5 Å². The second-order valence-electron chi connectivity index (χ2n) is 5.98. The molecule has 0 radical (unpaired) electrons. The Morgan fingerprint density at radius 3 is 2.76 bits per heavy atom. The molecule has 0 aliphatic carbocycles. The molecular formula is C20H18ClN3O4S. The molecule has 0 spiro atoms. The van der Waals surface area contributed by atoms with E-state index >= 15 is 0 Å². The highest BCUT2D eigenvalue weighted by Gasteiger charge is 2.08. The van der Waals surface area contributed by atoms with Gasteiger partial charge in [0.25, 0.3) is 11.6 Å². The Morgan fingerprint density at radius 2 is 2.07 bits per heavy atom. The minimum atomic E-state index is -0.470. The summed E-state index contributed by atoms with van der Waals surface area (Å²) in [5, 5.41) is 11.3. The molecule has 0 aliphatic rings. The van der Waals surface area contributed by atoms with Crippen LogP contribution >= 0.6 is 22.9 Å². The SMILES string of the molecule is CCOCCn1c(=NC(=O)/C=C\c2ccc([N+](=O)[O-])cc2)sc2cc(Cl)ccc21. The number of fused-ring (bicyclic) bond motifs is 1. The number of amides is 1. The number of thiazole rings is 1. The fourth-order valence-electron chi connectivity index (χ4n) is 2.65. The molecule has 0 atom stereocenters. The fraction of sp³-hybridized carbons (Fsp3) is 0.200. The molecule has 150 valence electrons. The summed E-state index contributed by atoms with van der Waals surface area (Å²) in [4.78, 5) is 27.4. The summed E-state index contributed by atoms with van der Waals surface area (Å²) in [7, 11) is 0. The lowest BCUT2D eigenvalue weighted by Gasteiger charge is -2.05. The Bertz CT molecular complexity index is 1130. The first-order valence-corrected chi connectivity index (χ1v) is 10.0. The molecule has 0 unspecified atom stereocenters. The minimum absolute atomic E-state index is 0.00237. The molecular weight excluding hydrogens is 414 g/mol. The predicted octanol–water partition coefficient (Wildman–Crippen LogP) is 4.44. The maximum absolute atomic E-state index is 12.4. The number of halogens is 1. The van der Waals surface area contributed by atoms with Gasteiger partial charge in [0.05, 0.1) is 21.7 Å². The van der Waals surface area contributed by atoms with Gasteiger partial charge in [-0.3, -0.25) is 14.9 Å². The summed E-state index contributed by atoms with van der Waals surface area (Å²) < 4.78 is 8.31. The number of benzene rings is 2. The van der Waals surface area contributed by atoms with Gasteiger partial charge in [-0.15, -0.1) is 0 Å². The quantitative estimate of drug-likeness (QED) is 0.239. The lowest BCUT2D eigenvalue weighted by Crippen LogP contribution is -2.19. The number of ether oxygens (including phenoxy) is 1. The summed E-state index contributed by atoms with van der Waals surface area (Å²) in [6, 6.07) is 11.5. The number of non-ortho nitro benzene ring substituents is 1. The molecule has 2 aromatic carbocycles. The van der Waals surface area contributed by atoms with Crippen molar-refractivity contribution in [1.29, 1.82) is 0 Å². The van der Waals surface area contributed by atoms with Crippen LogP contribution < -0.4 is 4.80 Å². The number of aromatic nitrogens is 1. The van der Waals surface area contributed by atoms with Crippen LogP contribution in [0.1, 0.15) is 12.5 Å². The summed E-state index contributed by atoms with van der Waals surface area (Å²) in [6.45, 7) is 3.60. The van der Waals surface area contributed by atoms with Gasteiger partial charge in [-0.25, -0.2) is 0 Å². The summed E-state index contributed by atoms with van der Waals surface area (Å²) in [5.74, 6) is -0.425. The van der Waals surface area contributed by atoms with E-state index in [1.54, 1.807) is 24.3 Å². The highest BCUT2D eigenvalue weighted by Crippen LogP contribution is 2.22. The number of nitro benzene ring substituents is 1. The lowest BCUT2D eigenvalue weighted by atomic mass is 10.2. The van der Waals surface area contributed by atoms with Crippen LogP contribution in [0.4, 0.5) is 5.69 Å². The molecule has 0 N–H and O–H groups in total. The van der Waals surface area contributed by atoms with Gasteiger partial charge < -0.3 is 9.30 Å². The van der Waals surface area contributed by atoms with E-state index in [0.717, 1.165) is 10.2 Å². The van der Waals surface area contributed by atoms with Crippen molar-refractivity contribution in [2.24, 2.45) is 4.99 Å². The molecule has 0 fully saturated rings. The Labute approximate surface area is 175 Å². The Morgan fingerprint density at radius 1 is 1.31 bits per heavy atom. The third-order valence-corrected chi connectivity index (χ3v) is 5.31. The molecule has 1 amide bonds. The van der Waals surface area contributed by atoms with Gasteiger partial charge in [0.15, 0.2) is 4.80 Å². The van der Waals surface area contributed by atoms with Gasteiger partial charge in [0, 0.05) is 36.4 Å². The standard InChI is InChI=1S/C20H18ClN3O4S/c1-2-28-12-11-23-17-9-6-15(21)13-18(17)29-20(23)22-19(25)10-5-14-3-7-16(8-4-14)24(26)27/h3-10,13H,2,11-12H2,1H3/b10-5-,22-20?. The first-order chi connectivity index (χ1) is 14.0. The second-order valence-corrected chi connectivity index (χ2v) is 7.42. The smallest absolute Gasteiger partial charge is 0.272 e. The molecule has 0 aliphatic heterocycles. The van der Waals surface area contributed by atoms with Gasteiger partial charge in [0.1, 0.15) is 0 Å². The van der Waals surface area contributed by atoms with E-state index in [4.69, 9.17) is 16.3 Å². The van der Waals surface area contributed by atoms with Crippen LogP contribution in [0.3, 0.4) is 0 Å². The molecule has 9 heteroatoms. The van der Waals surface area contributed by atoms with Gasteiger partial charge in [-0.2, -0.15) is 4.99 Å². The van der Waals surface area contributed by atoms with Gasteiger partial charge >= 0.3 is 0 Å². The fourth-order valence-corrected chi connectivity index (χ4v) is 3.99. The van der Waals surface area contributed by atoms with E-state index in [2.05, 4.69) is 4.99 Å². The predicted molar refractivity (Wildman–Crippen MR) is 114 cm³/mol. The first-order valence-electron chi connectivity index (χ1n) is 8.86. The Balaban J connectivity index is 1.88. The topological polar surface area (TPSA) is 86.7 Å². The van der Waals surface area contributed by atoms with Gasteiger partial charge in [-0.1, -0.05) is 22.9 Å². The van der Waals surface area contributed by atoms with Crippen LogP contribution in [0.5, 0.6) is 0 Å². The second kappa shape index (κ2) is 9.60. The number of nitro groups is 1. The average molecular weight is 432 g/mol. The minimum Gasteiger partial charge on any atom is -0.380 e. The monoisotopic (exact) mass is 431 g/mol. The van der Waals surface area contributed by atoms with Crippen LogP contribution in [0.25, 0.3) is 16.3 Å². The third-order valence-electron chi connectivity index (χ3n) is 4.04. The van der Waals surface area contributed by atoms with E-state index in [9.17, 15) is 14.9 Å². The molecule has 7 nitrogen and oxygen atoms in total. The maximum Gasteiger partial charge on any atom is 0.272 e. The summed E-state index contributed by atoms with van der Waals surface area (Å²) in [5.41, 5.74) is 1.61. The van der Waals surface area contributed by atoms with E-state index in [0.29, 0.717) is 35.1 Å². The molecule has 0 saturated heterocycles. The highest BCUT2D eigenvalue weighted by molar-refractivity contribution is 7.16. The molecule has 0 bridgehead atoms. The third kappa shape index (κ3) is 5.38. The zero-order chi connectivity index (χ0) is 20.8. The number of hydrogen-bond donors (Lipinski definition) is 0. The molecule has 3 aromatic rings. The summed E-state index contributed by atoms with van der Waals surface area (Å²) >= 11 is 7.46.